The zero-order valence-electron chi connectivity index (χ0n) is 8.49. The maximum atomic E-state index is 11.4. The van der Waals surface area contributed by atoms with E-state index in [9.17, 15) is 4.79 Å². The van der Waals surface area contributed by atoms with Crippen LogP contribution in [0.2, 0.25) is 0 Å². The number of aromatic nitrogens is 1. The number of rotatable bonds is 3. The molecule has 15 heavy (non-hydrogen) atoms. The first kappa shape index (κ1) is 10.0. The summed E-state index contributed by atoms with van der Waals surface area (Å²) in [6.45, 7) is 2.16. The Morgan fingerprint density at radius 3 is 3.07 bits per heavy atom. The lowest BCUT2D eigenvalue weighted by atomic mass is 10.3. The van der Waals surface area contributed by atoms with Gasteiger partial charge in [-0.1, -0.05) is 0 Å². The van der Waals surface area contributed by atoms with Gasteiger partial charge in [-0.15, -0.1) is 11.3 Å². The molecule has 0 fully saturated rings. The summed E-state index contributed by atoms with van der Waals surface area (Å²) in [5.41, 5.74) is 0.469. The number of fused-ring (bicyclic) bond motifs is 1. The van der Waals surface area contributed by atoms with E-state index in [2.05, 4.69) is 4.98 Å². The Morgan fingerprint density at radius 1 is 1.60 bits per heavy atom. The van der Waals surface area contributed by atoms with Gasteiger partial charge in [-0.3, -0.25) is 0 Å². The number of nitrogens with one attached hydrogen (secondary N) is 1. The van der Waals surface area contributed by atoms with E-state index in [-0.39, 0.29) is 5.97 Å². The summed E-state index contributed by atoms with van der Waals surface area (Å²) in [4.78, 5) is 15.3. The van der Waals surface area contributed by atoms with E-state index >= 15 is 0 Å². The summed E-state index contributed by atoms with van der Waals surface area (Å²) in [6, 6.07) is 1.75. The van der Waals surface area contributed by atoms with E-state index in [4.69, 9.17) is 9.47 Å². The quantitative estimate of drug-likeness (QED) is 0.816. The molecule has 0 unspecified atom stereocenters. The lowest BCUT2D eigenvalue weighted by Gasteiger charge is -1.97. The number of carbonyl (C=O) groups excluding carboxylic acids is 1. The second-order valence-electron chi connectivity index (χ2n) is 2.95. The Labute approximate surface area is 90.8 Å². The molecule has 80 valence electrons. The highest BCUT2D eigenvalue weighted by Gasteiger charge is 2.13. The molecule has 0 aliphatic heterocycles. The number of thiophene rings is 1. The maximum Gasteiger partial charge on any atom is 0.354 e. The molecule has 0 saturated heterocycles. The van der Waals surface area contributed by atoms with Crippen molar-refractivity contribution in [3.63, 3.8) is 0 Å². The monoisotopic (exact) mass is 225 g/mol. The number of aromatic amines is 1. The van der Waals surface area contributed by atoms with Gasteiger partial charge in [0.2, 0.25) is 0 Å². The summed E-state index contributed by atoms with van der Waals surface area (Å²) in [6.07, 6.45) is 0. The van der Waals surface area contributed by atoms with Gasteiger partial charge in [0, 0.05) is 5.38 Å². The standard InChI is InChI=1S/C10H11NO3S/c1-3-14-10(12)7-4-6-8(13-2)5-15-9(6)11-7/h4-5,11H,3H2,1-2H3. The Balaban J connectivity index is 2.38. The van der Waals surface area contributed by atoms with E-state index in [1.54, 1.807) is 20.1 Å². The van der Waals surface area contributed by atoms with E-state index < -0.39 is 0 Å². The second-order valence-corrected chi connectivity index (χ2v) is 3.83. The molecule has 0 atom stereocenters. The highest BCUT2D eigenvalue weighted by atomic mass is 32.1. The third-order valence-corrected chi connectivity index (χ3v) is 2.94. The number of carbonyl (C=O) groups is 1. The molecule has 0 aliphatic rings. The van der Waals surface area contributed by atoms with E-state index in [0.29, 0.717) is 12.3 Å². The first-order valence-electron chi connectivity index (χ1n) is 4.57. The molecule has 4 nitrogen and oxygen atoms in total. The minimum atomic E-state index is -0.331. The normalized spacial score (nSPS) is 10.5. The molecule has 0 amide bonds. The van der Waals surface area contributed by atoms with Gasteiger partial charge in [0.05, 0.1) is 19.1 Å². The van der Waals surface area contributed by atoms with Crippen molar-refractivity contribution in [1.29, 1.82) is 0 Å². The van der Waals surface area contributed by atoms with Gasteiger partial charge in [0.25, 0.3) is 0 Å². The third-order valence-electron chi connectivity index (χ3n) is 2.05. The Hall–Kier alpha value is -1.49. The van der Waals surface area contributed by atoms with Crippen molar-refractivity contribution in [2.45, 2.75) is 6.92 Å². The lowest BCUT2D eigenvalue weighted by molar-refractivity contribution is 0.0520. The number of hydrogen-bond donors (Lipinski definition) is 1. The summed E-state index contributed by atoms with van der Waals surface area (Å²) < 4.78 is 10.1. The van der Waals surface area contributed by atoms with E-state index in [1.165, 1.54) is 11.3 Å². The van der Waals surface area contributed by atoms with Crippen LogP contribution in [0.4, 0.5) is 0 Å². The van der Waals surface area contributed by atoms with Crippen molar-refractivity contribution < 1.29 is 14.3 Å². The summed E-state index contributed by atoms with van der Waals surface area (Å²) in [5.74, 6) is 0.449. The molecule has 2 heterocycles. The molecule has 2 rings (SSSR count). The van der Waals surface area contributed by atoms with E-state index in [0.717, 1.165) is 16.0 Å². The molecule has 0 spiro atoms. The van der Waals surface area contributed by atoms with Crippen LogP contribution in [0.15, 0.2) is 11.4 Å². The predicted octanol–water partition coefficient (Wildman–Crippen LogP) is 2.41. The first-order valence-corrected chi connectivity index (χ1v) is 5.45. The molecule has 0 aromatic carbocycles. The van der Waals surface area contributed by atoms with Gasteiger partial charge < -0.3 is 14.5 Å². The SMILES string of the molecule is CCOC(=O)c1cc2c(OC)csc2[nH]1. The third kappa shape index (κ3) is 1.70. The fourth-order valence-electron chi connectivity index (χ4n) is 1.36. The van der Waals surface area contributed by atoms with Crippen LogP contribution in [-0.2, 0) is 4.74 Å². The van der Waals surface area contributed by atoms with Crippen molar-refractivity contribution in [3.05, 3.63) is 17.1 Å². The average Bonchev–Trinajstić information content (AvgIpc) is 2.76. The summed E-state index contributed by atoms with van der Waals surface area (Å²) in [5, 5.41) is 2.82. The molecular formula is C10H11NO3S. The average molecular weight is 225 g/mol. The second kappa shape index (κ2) is 3.94. The van der Waals surface area contributed by atoms with Crippen LogP contribution in [0.25, 0.3) is 10.2 Å². The van der Waals surface area contributed by atoms with Crippen molar-refractivity contribution in [2.75, 3.05) is 13.7 Å². The van der Waals surface area contributed by atoms with Gasteiger partial charge in [-0.05, 0) is 13.0 Å². The zero-order chi connectivity index (χ0) is 10.8. The van der Waals surface area contributed by atoms with Crippen molar-refractivity contribution in [3.8, 4) is 5.75 Å². The largest absolute Gasteiger partial charge is 0.495 e. The van der Waals surface area contributed by atoms with Gasteiger partial charge in [-0.25, -0.2) is 4.79 Å². The molecule has 0 radical (unpaired) electrons. The topological polar surface area (TPSA) is 51.3 Å². The van der Waals surface area contributed by atoms with Crippen LogP contribution in [0.3, 0.4) is 0 Å². The van der Waals surface area contributed by atoms with Gasteiger partial charge in [0.1, 0.15) is 16.3 Å². The van der Waals surface area contributed by atoms with Crippen LogP contribution < -0.4 is 4.74 Å². The molecule has 2 aromatic heterocycles. The number of ether oxygens (including phenoxy) is 2. The van der Waals surface area contributed by atoms with Gasteiger partial charge in [0.15, 0.2) is 0 Å². The van der Waals surface area contributed by atoms with Gasteiger partial charge >= 0.3 is 5.97 Å². The van der Waals surface area contributed by atoms with Crippen LogP contribution in [0.1, 0.15) is 17.4 Å². The van der Waals surface area contributed by atoms with E-state index in [1.807, 2.05) is 5.38 Å². The zero-order valence-corrected chi connectivity index (χ0v) is 9.31. The summed E-state index contributed by atoms with van der Waals surface area (Å²) >= 11 is 1.51. The maximum absolute atomic E-state index is 11.4. The Morgan fingerprint density at radius 2 is 2.40 bits per heavy atom. The number of esters is 1. The summed E-state index contributed by atoms with van der Waals surface area (Å²) in [7, 11) is 1.61. The minimum Gasteiger partial charge on any atom is -0.495 e. The van der Waals surface area contributed by atoms with Crippen LogP contribution in [0.5, 0.6) is 5.75 Å². The number of hydrogen-bond acceptors (Lipinski definition) is 4. The first-order chi connectivity index (χ1) is 7.26. The fourth-order valence-corrected chi connectivity index (χ4v) is 2.27. The molecule has 2 aromatic rings. The van der Waals surface area contributed by atoms with Crippen LogP contribution in [0, 0.1) is 0 Å². The van der Waals surface area contributed by atoms with Gasteiger partial charge in [-0.2, -0.15) is 0 Å². The molecule has 0 bridgehead atoms. The lowest BCUT2D eigenvalue weighted by Crippen LogP contribution is -2.04. The predicted molar refractivity (Wildman–Crippen MR) is 58.7 cm³/mol. The molecule has 1 N–H and O–H groups in total. The smallest absolute Gasteiger partial charge is 0.354 e. The number of H-pyrrole nitrogens is 1. The highest BCUT2D eigenvalue weighted by Crippen LogP contribution is 2.32. The van der Waals surface area contributed by atoms with Crippen molar-refractivity contribution >= 4 is 27.5 Å². The number of methoxy groups -OCH3 is 1. The minimum absolute atomic E-state index is 0.331. The Bertz CT molecular complexity index is 486. The Kier molecular flexibility index (Phi) is 2.64. The highest BCUT2D eigenvalue weighted by molar-refractivity contribution is 7.17. The van der Waals surface area contributed by atoms with Crippen molar-refractivity contribution in [1.82, 2.24) is 4.98 Å². The van der Waals surface area contributed by atoms with Crippen LogP contribution >= 0.6 is 11.3 Å². The van der Waals surface area contributed by atoms with Crippen LogP contribution in [-0.4, -0.2) is 24.7 Å². The fraction of sp³-hybridized carbons (Fsp3) is 0.300. The molecule has 5 heteroatoms. The molecular weight excluding hydrogens is 214 g/mol. The molecule has 0 saturated carbocycles. The van der Waals surface area contributed by atoms with Crippen molar-refractivity contribution in [2.24, 2.45) is 0 Å². The molecule has 0 aliphatic carbocycles.